The lowest BCUT2D eigenvalue weighted by Crippen LogP contribution is -2.45. The lowest BCUT2D eigenvalue weighted by atomic mass is 10.0. The summed E-state index contributed by atoms with van der Waals surface area (Å²) in [7, 11) is 2.22. The van der Waals surface area contributed by atoms with Crippen LogP contribution in [0.2, 0.25) is 0 Å². The molecule has 0 rings (SSSR count). The molecule has 0 radical (unpaired) electrons. The monoisotopic (exact) mass is 200 g/mol. The summed E-state index contributed by atoms with van der Waals surface area (Å²) in [6.45, 7) is 14.6. The SMILES string of the molecule is CC(C)NCC(C)N(C)C(C)C(C)C. The van der Waals surface area contributed by atoms with Crippen LogP contribution in [0.3, 0.4) is 0 Å². The van der Waals surface area contributed by atoms with E-state index in [1.807, 2.05) is 0 Å². The summed E-state index contributed by atoms with van der Waals surface area (Å²) < 4.78 is 0. The Balaban J connectivity index is 3.92. The highest BCUT2D eigenvalue weighted by Gasteiger charge is 2.18. The number of nitrogens with zero attached hydrogens (tertiary/aromatic N) is 1. The molecule has 0 amide bonds. The molecule has 2 nitrogen and oxygen atoms in total. The smallest absolute Gasteiger partial charge is 0.0192 e. The fraction of sp³-hybridized carbons (Fsp3) is 1.00. The molecule has 2 atom stereocenters. The Morgan fingerprint density at radius 1 is 1.00 bits per heavy atom. The summed E-state index contributed by atoms with van der Waals surface area (Å²) in [5.41, 5.74) is 0. The van der Waals surface area contributed by atoms with Gasteiger partial charge >= 0.3 is 0 Å². The van der Waals surface area contributed by atoms with Gasteiger partial charge in [-0.3, -0.25) is 4.90 Å². The van der Waals surface area contributed by atoms with Crippen LogP contribution in [-0.2, 0) is 0 Å². The van der Waals surface area contributed by atoms with Gasteiger partial charge in [0.25, 0.3) is 0 Å². The fourth-order valence-corrected chi connectivity index (χ4v) is 1.42. The van der Waals surface area contributed by atoms with E-state index in [-0.39, 0.29) is 0 Å². The molecule has 0 saturated heterocycles. The average molecular weight is 200 g/mol. The first-order valence-corrected chi connectivity index (χ1v) is 5.81. The first-order valence-electron chi connectivity index (χ1n) is 5.81. The number of hydrogen-bond acceptors (Lipinski definition) is 2. The zero-order chi connectivity index (χ0) is 11.3. The summed E-state index contributed by atoms with van der Waals surface area (Å²) in [5, 5.41) is 3.48. The summed E-state index contributed by atoms with van der Waals surface area (Å²) in [6.07, 6.45) is 0. The minimum Gasteiger partial charge on any atom is -0.313 e. The van der Waals surface area contributed by atoms with Gasteiger partial charge in [-0.15, -0.1) is 0 Å². The molecule has 86 valence electrons. The normalized spacial score (nSPS) is 16.7. The molecule has 14 heavy (non-hydrogen) atoms. The molecule has 0 fully saturated rings. The maximum Gasteiger partial charge on any atom is 0.0192 e. The number of hydrogen-bond donors (Lipinski definition) is 1. The van der Waals surface area contributed by atoms with E-state index in [9.17, 15) is 0 Å². The molecule has 0 aliphatic heterocycles. The highest BCUT2D eigenvalue weighted by Crippen LogP contribution is 2.10. The molecular formula is C12H28N2. The van der Waals surface area contributed by atoms with Crippen LogP contribution in [0.1, 0.15) is 41.5 Å². The van der Waals surface area contributed by atoms with Crippen LogP contribution in [0, 0.1) is 5.92 Å². The van der Waals surface area contributed by atoms with Crippen molar-refractivity contribution >= 4 is 0 Å². The van der Waals surface area contributed by atoms with Crippen molar-refractivity contribution in [3.8, 4) is 0 Å². The standard InChI is InChI=1S/C12H28N2/c1-9(2)12(6)14(7)11(5)8-13-10(3)4/h9-13H,8H2,1-7H3. The largest absolute Gasteiger partial charge is 0.313 e. The quantitative estimate of drug-likeness (QED) is 0.708. The van der Waals surface area contributed by atoms with Gasteiger partial charge in [0, 0.05) is 24.7 Å². The fourth-order valence-electron chi connectivity index (χ4n) is 1.42. The summed E-state index contributed by atoms with van der Waals surface area (Å²) in [4.78, 5) is 2.46. The van der Waals surface area contributed by atoms with E-state index in [1.54, 1.807) is 0 Å². The van der Waals surface area contributed by atoms with Gasteiger partial charge in [0.2, 0.25) is 0 Å². The van der Waals surface area contributed by atoms with Crippen molar-refractivity contribution in [2.24, 2.45) is 5.92 Å². The predicted octanol–water partition coefficient (Wildman–Crippen LogP) is 2.35. The molecule has 0 saturated carbocycles. The van der Waals surface area contributed by atoms with E-state index in [2.05, 4.69) is 58.8 Å². The van der Waals surface area contributed by atoms with Gasteiger partial charge < -0.3 is 5.32 Å². The Kier molecular flexibility index (Phi) is 6.38. The van der Waals surface area contributed by atoms with Crippen molar-refractivity contribution in [1.29, 1.82) is 0 Å². The highest BCUT2D eigenvalue weighted by molar-refractivity contribution is 4.74. The first-order chi connectivity index (χ1) is 6.36. The van der Waals surface area contributed by atoms with E-state index in [4.69, 9.17) is 0 Å². The molecule has 1 N–H and O–H groups in total. The molecule has 0 aliphatic carbocycles. The second kappa shape index (κ2) is 6.41. The molecule has 0 bridgehead atoms. The van der Waals surface area contributed by atoms with E-state index in [0.29, 0.717) is 18.1 Å². The van der Waals surface area contributed by atoms with Crippen molar-refractivity contribution < 1.29 is 0 Å². The topological polar surface area (TPSA) is 15.3 Å². The minimum absolute atomic E-state index is 0.584. The second-order valence-corrected chi connectivity index (χ2v) is 5.06. The molecule has 0 aromatic heterocycles. The predicted molar refractivity (Wildman–Crippen MR) is 64.7 cm³/mol. The molecule has 2 unspecified atom stereocenters. The molecule has 0 heterocycles. The van der Waals surface area contributed by atoms with Gasteiger partial charge in [-0.1, -0.05) is 27.7 Å². The van der Waals surface area contributed by atoms with Crippen molar-refractivity contribution in [3.05, 3.63) is 0 Å². The Hall–Kier alpha value is -0.0800. The molecule has 0 aromatic carbocycles. The van der Waals surface area contributed by atoms with Crippen LogP contribution in [-0.4, -0.2) is 36.6 Å². The van der Waals surface area contributed by atoms with Crippen molar-refractivity contribution in [2.45, 2.75) is 59.7 Å². The van der Waals surface area contributed by atoms with E-state index >= 15 is 0 Å². The molecule has 0 spiro atoms. The van der Waals surface area contributed by atoms with Gasteiger partial charge in [0.15, 0.2) is 0 Å². The maximum absolute atomic E-state index is 3.48. The Labute approximate surface area is 90.1 Å². The third-order valence-corrected chi connectivity index (χ3v) is 3.12. The second-order valence-electron chi connectivity index (χ2n) is 5.06. The van der Waals surface area contributed by atoms with Gasteiger partial charge in [-0.2, -0.15) is 0 Å². The van der Waals surface area contributed by atoms with Crippen LogP contribution in [0.5, 0.6) is 0 Å². The van der Waals surface area contributed by atoms with Crippen molar-refractivity contribution in [2.75, 3.05) is 13.6 Å². The van der Waals surface area contributed by atoms with E-state index in [0.717, 1.165) is 12.5 Å². The van der Waals surface area contributed by atoms with Gasteiger partial charge in [0.1, 0.15) is 0 Å². The van der Waals surface area contributed by atoms with Gasteiger partial charge in [0.05, 0.1) is 0 Å². The van der Waals surface area contributed by atoms with Crippen LogP contribution in [0.4, 0.5) is 0 Å². The van der Waals surface area contributed by atoms with Crippen LogP contribution in [0.15, 0.2) is 0 Å². The summed E-state index contributed by atoms with van der Waals surface area (Å²) in [5.74, 6) is 0.724. The number of likely N-dealkylation sites (N-methyl/N-ethyl adjacent to an activating group) is 1. The zero-order valence-corrected chi connectivity index (χ0v) is 11.0. The lowest BCUT2D eigenvalue weighted by Gasteiger charge is -2.33. The van der Waals surface area contributed by atoms with Crippen LogP contribution < -0.4 is 5.32 Å². The molecule has 0 aliphatic rings. The number of rotatable bonds is 6. The summed E-state index contributed by atoms with van der Waals surface area (Å²) >= 11 is 0. The Bertz CT molecular complexity index is 143. The zero-order valence-electron chi connectivity index (χ0n) is 11.0. The minimum atomic E-state index is 0.584. The Morgan fingerprint density at radius 3 is 1.86 bits per heavy atom. The molecule has 2 heteroatoms. The van der Waals surface area contributed by atoms with E-state index in [1.165, 1.54) is 0 Å². The molecular weight excluding hydrogens is 172 g/mol. The number of nitrogens with one attached hydrogen (secondary N) is 1. The third-order valence-electron chi connectivity index (χ3n) is 3.12. The first kappa shape index (κ1) is 13.9. The maximum atomic E-state index is 3.48. The van der Waals surface area contributed by atoms with Gasteiger partial charge in [-0.05, 0) is 26.8 Å². The van der Waals surface area contributed by atoms with Crippen LogP contribution >= 0.6 is 0 Å². The lowest BCUT2D eigenvalue weighted by molar-refractivity contribution is 0.154. The molecule has 0 aromatic rings. The van der Waals surface area contributed by atoms with Crippen molar-refractivity contribution in [3.63, 3.8) is 0 Å². The highest BCUT2D eigenvalue weighted by atomic mass is 15.2. The van der Waals surface area contributed by atoms with Crippen molar-refractivity contribution in [1.82, 2.24) is 10.2 Å². The van der Waals surface area contributed by atoms with Gasteiger partial charge in [-0.25, -0.2) is 0 Å². The van der Waals surface area contributed by atoms with Crippen LogP contribution in [0.25, 0.3) is 0 Å². The Morgan fingerprint density at radius 2 is 1.50 bits per heavy atom. The third kappa shape index (κ3) is 4.97. The average Bonchev–Trinajstić information content (AvgIpc) is 2.11. The summed E-state index contributed by atoms with van der Waals surface area (Å²) in [6, 6.07) is 1.84. The van der Waals surface area contributed by atoms with E-state index < -0.39 is 0 Å².